The summed E-state index contributed by atoms with van der Waals surface area (Å²) >= 11 is 0. The normalized spacial score (nSPS) is 23.5. The molecule has 1 aliphatic carbocycles. The summed E-state index contributed by atoms with van der Waals surface area (Å²) in [7, 11) is 1.66. The van der Waals surface area contributed by atoms with Gasteiger partial charge >= 0.3 is 0 Å². The van der Waals surface area contributed by atoms with Crippen molar-refractivity contribution in [3.63, 3.8) is 0 Å². The molecule has 18 heavy (non-hydrogen) atoms. The lowest BCUT2D eigenvalue weighted by atomic mass is 10.1. The van der Waals surface area contributed by atoms with E-state index in [4.69, 9.17) is 4.74 Å². The Kier molecular flexibility index (Phi) is 2.96. The summed E-state index contributed by atoms with van der Waals surface area (Å²) in [6, 6.07) is 7.92. The predicted molar refractivity (Wildman–Crippen MR) is 68.2 cm³/mol. The third-order valence-corrected chi connectivity index (χ3v) is 3.64. The first kappa shape index (κ1) is 11.5. The van der Waals surface area contributed by atoms with Crippen LogP contribution in [0, 0.1) is 5.92 Å². The molecule has 1 N–H and O–H groups in total. The summed E-state index contributed by atoms with van der Waals surface area (Å²) in [6.07, 6.45) is 2.52. The standard InChI is InChI=1S/C14H18N2O2/c1-18-12-4-2-3-11(7-12)14-15-8-13(17)16(14)9-10-5-6-10/h2-4,7,10,14-15H,5-6,8-9H2,1H3. The minimum atomic E-state index is 0.00759. The van der Waals surface area contributed by atoms with Crippen LogP contribution in [0.2, 0.25) is 0 Å². The van der Waals surface area contributed by atoms with Gasteiger partial charge in [0, 0.05) is 6.54 Å². The number of hydrogen-bond acceptors (Lipinski definition) is 3. The van der Waals surface area contributed by atoms with Crippen LogP contribution in [0.25, 0.3) is 0 Å². The molecule has 0 aromatic heterocycles. The van der Waals surface area contributed by atoms with E-state index in [-0.39, 0.29) is 12.1 Å². The number of nitrogens with zero attached hydrogens (tertiary/aromatic N) is 1. The highest BCUT2D eigenvalue weighted by Gasteiger charge is 2.35. The van der Waals surface area contributed by atoms with Gasteiger partial charge in [-0.2, -0.15) is 0 Å². The fourth-order valence-corrected chi connectivity index (χ4v) is 2.43. The molecule has 1 heterocycles. The summed E-state index contributed by atoms with van der Waals surface area (Å²) < 4.78 is 5.24. The second-order valence-corrected chi connectivity index (χ2v) is 5.05. The Morgan fingerprint density at radius 1 is 1.44 bits per heavy atom. The molecule has 4 heteroatoms. The first-order valence-corrected chi connectivity index (χ1v) is 6.45. The fourth-order valence-electron chi connectivity index (χ4n) is 2.43. The van der Waals surface area contributed by atoms with Gasteiger partial charge in [-0.25, -0.2) is 0 Å². The van der Waals surface area contributed by atoms with Crippen molar-refractivity contribution in [2.75, 3.05) is 20.2 Å². The zero-order chi connectivity index (χ0) is 12.5. The van der Waals surface area contributed by atoms with Crippen LogP contribution in [-0.2, 0) is 4.79 Å². The molecule has 1 amide bonds. The van der Waals surface area contributed by atoms with Crippen molar-refractivity contribution in [1.29, 1.82) is 0 Å². The maximum absolute atomic E-state index is 11.9. The fraction of sp³-hybridized carbons (Fsp3) is 0.500. The topological polar surface area (TPSA) is 41.6 Å². The van der Waals surface area contributed by atoms with Crippen molar-refractivity contribution >= 4 is 5.91 Å². The van der Waals surface area contributed by atoms with Gasteiger partial charge in [-0.15, -0.1) is 0 Å². The van der Waals surface area contributed by atoms with Gasteiger partial charge in [-0.05, 0) is 36.5 Å². The predicted octanol–water partition coefficient (Wildman–Crippen LogP) is 1.54. The molecule has 1 unspecified atom stereocenters. The monoisotopic (exact) mass is 246 g/mol. The first-order chi connectivity index (χ1) is 8.78. The molecule has 0 spiro atoms. The first-order valence-electron chi connectivity index (χ1n) is 6.45. The quantitative estimate of drug-likeness (QED) is 0.876. The molecule has 0 bridgehead atoms. The van der Waals surface area contributed by atoms with E-state index in [9.17, 15) is 4.79 Å². The van der Waals surface area contributed by atoms with Crippen molar-refractivity contribution in [2.24, 2.45) is 5.92 Å². The van der Waals surface area contributed by atoms with Crippen LogP contribution < -0.4 is 10.1 Å². The third-order valence-electron chi connectivity index (χ3n) is 3.64. The third kappa shape index (κ3) is 2.20. The van der Waals surface area contributed by atoms with Crippen LogP contribution >= 0.6 is 0 Å². The highest BCUT2D eigenvalue weighted by molar-refractivity contribution is 5.81. The molecule has 1 aliphatic heterocycles. The van der Waals surface area contributed by atoms with E-state index in [1.807, 2.05) is 29.2 Å². The molecule has 4 nitrogen and oxygen atoms in total. The molecule has 1 saturated heterocycles. The van der Waals surface area contributed by atoms with Crippen molar-refractivity contribution in [3.8, 4) is 5.75 Å². The lowest BCUT2D eigenvalue weighted by molar-refractivity contribution is -0.128. The van der Waals surface area contributed by atoms with Gasteiger partial charge in [-0.1, -0.05) is 12.1 Å². The number of carbonyl (C=O) groups is 1. The highest BCUT2D eigenvalue weighted by atomic mass is 16.5. The maximum atomic E-state index is 11.9. The number of rotatable bonds is 4. The molecule has 1 aromatic carbocycles. The van der Waals surface area contributed by atoms with E-state index in [2.05, 4.69) is 5.32 Å². The van der Waals surface area contributed by atoms with Crippen LogP contribution in [0.1, 0.15) is 24.6 Å². The number of methoxy groups -OCH3 is 1. The number of carbonyl (C=O) groups excluding carboxylic acids is 1. The summed E-state index contributed by atoms with van der Waals surface area (Å²) in [5, 5.41) is 3.28. The van der Waals surface area contributed by atoms with E-state index in [1.54, 1.807) is 7.11 Å². The van der Waals surface area contributed by atoms with Gasteiger partial charge in [0.15, 0.2) is 0 Å². The lowest BCUT2D eigenvalue weighted by Crippen LogP contribution is -2.32. The number of amides is 1. The second-order valence-electron chi connectivity index (χ2n) is 5.05. The molecule has 1 saturated carbocycles. The maximum Gasteiger partial charge on any atom is 0.238 e. The average Bonchev–Trinajstić information content (AvgIpc) is 3.14. The van der Waals surface area contributed by atoms with E-state index in [1.165, 1.54) is 12.8 Å². The molecule has 3 rings (SSSR count). The van der Waals surface area contributed by atoms with Crippen LogP contribution in [0.3, 0.4) is 0 Å². The largest absolute Gasteiger partial charge is 0.497 e. The van der Waals surface area contributed by atoms with Gasteiger partial charge in [0.2, 0.25) is 5.91 Å². The molecule has 96 valence electrons. The minimum Gasteiger partial charge on any atom is -0.497 e. The van der Waals surface area contributed by atoms with Gasteiger partial charge < -0.3 is 9.64 Å². The number of ether oxygens (including phenoxy) is 1. The molecule has 0 radical (unpaired) electrons. The van der Waals surface area contributed by atoms with E-state index < -0.39 is 0 Å². The van der Waals surface area contributed by atoms with Gasteiger partial charge in [0.05, 0.1) is 13.7 Å². The smallest absolute Gasteiger partial charge is 0.238 e. The second kappa shape index (κ2) is 4.61. The molecule has 2 fully saturated rings. The van der Waals surface area contributed by atoms with Gasteiger partial charge in [0.1, 0.15) is 11.9 Å². The van der Waals surface area contributed by atoms with Gasteiger partial charge in [-0.3, -0.25) is 10.1 Å². The van der Waals surface area contributed by atoms with Crippen LogP contribution in [-0.4, -0.2) is 31.0 Å². The van der Waals surface area contributed by atoms with Crippen LogP contribution in [0.15, 0.2) is 24.3 Å². The Balaban J connectivity index is 1.81. The average molecular weight is 246 g/mol. The Morgan fingerprint density at radius 2 is 2.28 bits per heavy atom. The molecular weight excluding hydrogens is 228 g/mol. The van der Waals surface area contributed by atoms with Crippen LogP contribution in [0.4, 0.5) is 0 Å². The Morgan fingerprint density at radius 3 is 3.00 bits per heavy atom. The molecule has 1 atom stereocenters. The van der Waals surface area contributed by atoms with Crippen molar-refractivity contribution in [2.45, 2.75) is 19.0 Å². The summed E-state index contributed by atoms with van der Waals surface area (Å²) in [5.74, 6) is 1.75. The Labute approximate surface area is 107 Å². The highest BCUT2D eigenvalue weighted by Crippen LogP contribution is 2.34. The van der Waals surface area contributed by atoms with Crippen LogP contribution in [0.5, 0.6) is 5.75 Å². The Bertz CT molecular complexity index is 457. The SMILES string of the molecule is COc1cccc(C2NCC(=O)N2CC2CC2)c1. The van der Waals surface area contributed by atoms with Crippen molar-refractivity contribution < 1.29 is 9.53 Å². The number of benzene rings is 1. The van der Waals surface area contributed by atoms with Crippen molar-refractivity contribution in [3.05, 3.63) is 29.8 Å². The van der Waals surface area contributed by atoms with E-state index in [0.29, 0.717) is 12.5 Å². The number of nitrogens with one attached hydrogen (secondary N) is 1. The minimum absolute atomic E-state index is 0.00759. The summed E-state index contributed by atoms with van der Waals surface area (Å²) in [4.78, 5) is 13.9. The molecular formula is C14H18N2O2. The zero-order valence-electron chi connectivity index (χ0n) is 10.6. The van der Waals surface area contributed by atoms with Gasteiger partial charge in [0.25, 0.3) is 0 Å². The summed E-state index contributed by atoms with van der Waals surface area (Å²) in [5.41, 5.74) is 1.10. The summed E-state index contributed by atoms with van der Waals surface area (Å²) in [6.45, 7) is 1.32. The van der Waals surface area contributed by atoms with E-state index in [0.717, 1.165) is 17.9 Å². The Hall–Kier alpha value is -1.55. The molecule has 2 aliphatic rings. The van der Waals surface area contributed by atoms with Crippen molar-refractivity contribution in [1.82, 2.24) is 10.2 Å². The lowest BCUT2D eigenvalue weighted by Gasteiger charge is -2.24. The van der Waals surface area contributed by atoms with E-state index >= 15 is 0 Å². The molecule has 1 aromatic rings. The zero-order valence-corrected chi connectivity index (χ0v) is 10.6. The number of hydrogen-bond donors (Lipinski definition) is 1.